The molecule has 1 unspecified atom stereocenters. The lowest BCUT2D eigenvalue weighted by Crippen LogP contribution is -2.46. The van der Waals surface area contributed by atoms with Gasteiger partial charge in [0.25, 0.3) is 0 Å². The molecule has 0 spiro atoms. The van der Waals surface area contributed by atoms with Crippen molar-refractivity contribution in [2.45, 2.75) is 38.1 Å². The Hall–Kier alpha value is -0.850. The summed E-state index contributed by atoms with van der Waals surface area (Å²) in [5.74, 6) is 1.10. The van der Waals surface area contributed by atoms with Gasteiger partial charge in [-0.25, -0.2) is 0 Å². The highest BCUT2D eigenvalue weighted by atomic mass is 15.3. The van der Waals surface area contributed by atoms with E-state index in [4.69, 9.17) is 0 Å². The maximum absolute atomic E-state index is 4.55. The first-order chi connectivity index (χ1) is 12.3. The highest BCUT2D eigenvalue weighted by molar-refractivity contribution is 5.80. The molecular formula is C19H38N6. The third kappa shape index (κ3) is 5.56. The number of hydrogen-bond acceptors (Lipinski definition) is 4. The Morgan fingerprint density at radius 1 is 0.960 bits per heavy atom. The Kier molecular flexibility index (Phi) is 7.37. The van der Waals surface area contributed by atoms with Crippen LogP contribution in [0.1, 0.15) is 32.1 Å². The molecule has 0 bridgehead atoms. The second kappa shape index (κ2) is 9.74. The van der Waals surface area contributed by atoms with Crippen LogP contribution in [0.4, 0.5) is 0 Å². The van der Waals surface area contributed by atoms with Crippen molar-refractivity contribution in [3.8, 4) is 0 Å². The van der Waals surface area contributed by atoms with Crippen molar-refractivity contribution in [1.29, 1.82) is 0 Å². The summed E-state index contributed by atoms with van der Waals surface area (Å²) in [6.07, 6.45) is 6.76. The fourth-order valence-electron chi connectivity index (χ4n) is 4.50. The van der Waals surface area contributed by atoms with E-state index in [2.05, 4.69) is 37.0 Å². The van der Waals surface area contributed by atoms with Crippen molar-refractivity contribution >= 4 is 5.96 Å². The van der Waals surface area contributed by atoms with E-state index in [0.717, 1.165) is 38.2 Å². The van der Waals surface area contributed by atoms with Gasteiger partial charge >= 0.3 is 0 Å². The van der Waals surface area contributed by atoms with Crippen LogP contribution in [0.3, 0.4) is 0 Å². The van der Waals surface area contributed by atoms with Crippen LogP contribution >= 0.6 is 0 Å². The van der Waals surface area contributed by atoms with Crippen molar-refractivity contribution in [3.05, 3.63) is 0 Å². The largest absolute Gasteiger partial charge is 0.355 e. The van der Waals surface area contributed by atoms with Crippen LogP contribution in [0.2, 0.25) is 0 Å². The van der Waals surface area contributed by atoms with Crippen molar-refractivity contribution in [2.75, 3.05) is 79.5 Å². The number of hydrogen-bond donors (Lipinski definition) is 1. The Labute approximate surface area is 154 Å². The third-order valence-electron chi connectivity index (χ3n) is 6.11. The normalized spacial score (nSPS) is 28.3. The molecule has 0 amide bonds. The molecule has 0 aromatic carbocycles. The number of likely N-dealkylation sites (N-methyl/N-ethyl adjacent to an activating group) is 1. The van der Waals surface area contributed by atoms with E-state index in [1.54, 1.807) is 0 Å². The Bertz CT molecular complexity index is 420. The topological polar surface area (TPSA) is 37.4 Å². The predicted molar refractivity (Wildman–Crippen MR) is 105 cm³/mol. The van der Waals surface area contributed by atoms with Crippen LogP contribution < -0.4 is 5.32 Å². The minimum absolute atomic E-state index is 0.736. The zero-order chi connectivity index (χ0) is 17.5. The lowest BCUT2D eigenvalue weighted by atomic mass is 10.1. The Balaban J connectivity index is 1.39. The highest BCUT2D eigenvalue weighted by Gasteiger charge is 2.29. The number of aliphatic imine (C=N–C) groups is 1. The van der Waals surface area contributed by atoms with Crippen molar-refractivity contribution in [1.82, 2.24) is 24.9 Å². The molecule has 1 N–H and O–H groups in total. The molecule has 3 aliphatic rings. The minimum Gasteiger partial charge on any atom is -0.355 e. The molecule has 3 heterocycles. The van der Waals surface area contributed by atoms with Gasteiger partial charge in [0.05, 0.1) is 0 Å². The van der Waals surface area contributed by atoms with E-state index in [9.17, 15) is 0 Å². The van der Waals surface area contributed by atoms with Gasteiger partial charge in [-0.15, -0.1) is 0 Å². The molecule has 144 valence electrons. The van der Waals surface area contributed by atoms with Gasteiger partial charge in [0.1, 0.15) is 0 Å². The molecule has 3 aliphatic heterocycles. The lowest BCUT2D eigenvalue weighted by Gasteiger charge is -2.32. The molecule has 0 radical (unpaired) electrons. The Morgan fingerprint density at radius 2 is 1.80 bits per heavy atom. The summed E-state index contributed by atoms with van der Waals surface area (Å²) in [5, 5.41) is 3.62. The number of guanidine groups is 1. The number of nitrogens with zero attached hydrogens (tertiary/aromatic N) is 5. The molecule has 3 rings (SSSR count). The van der Waals surface area contributed by atoms with E-state index in [0.29, 0.717) is 0 Å². The molecular weight excluding hydrogens is 312 g/mol. The van der Waals surface area contributed by atoms with Crippen molar-refractivity contribution in [3.63, 3.8) is 0 Å². The standard InChI is InChI=1S/C19H38N6/c1-20-19(21-8-14-23-10-6-9-22(2)15-16-23)25-13-7-18(17-25)24-11-4-3-5-12-24/h18H,3-17H2,1-2H3,(H,20,21). The molecule has 6 nitrogen and oxygen atoms in total. The van der Waals surface area contributed by atoms with Crippen LogP contribution in [0.25, 0.3) is 0 Å². The number of likely N-dealkylation sites (tertiary alicyclic amines) is 2. The molecule has 0 aliphatic carbocycles. The molecule has 3 saturated heterocycles. The Morgan fingerprint density at radius 3 is 2.60 bits per heavy atom. The van der Waals surface area contributed by atoms with Crippen molar-refractivity contribution < 1.29 is 0 Å². The highest BCUT2D eigenvalue weighted by Crippen LogP contribution is 2.20. The van der Waals surface area contributed by atoms with Gasteiger partial charge in [-0.3, -0.25) is 9.89 Å². The van der Waals surface area contributed by atoms with Crippen LogP contribution in [0.15, 0.2) is 4.99 Å². The molecule has 25 heavy (non-hydrogen) atoms. The van der Waals surface area contributed by atoms with Gasteiger partial charge in [0.2, 0.25) is 0 Å². The molecule has 0 aromatic rings. The first-order valence-electron chi connectivity index (χ1n) is 10.4. The van der Waals surface area contributed by atoms with E-state index >= 15 is 0 Å². The van der Waals surface area contributed by atoms with E-state index in [1.165, 1.54) is 71.4 Å². The fourth-order valence-corrected chi connectivity index (χ4v) is 4.50. The van der Waals surface area contributed by atoms with Crippen LogP contribution in [-0.4, -0.2) is 111 Å². The summed E-state index contributed by atoms with van der Waals surface area (Å²) in [4.78, 5) is 14.8. The summed E-state index contributed by atoms with van der Waals surface area (Å²) >= 11 is 0. The fraction of sp³-hybridized carbons (Fsp3) is 0.947. The summed E-state index contributed by atoms with van der Waals surface area (Å²) in [6, 6.07) is 0.736. The van der Waals surface area contributed by atoms with Crippen LogP contribution in [0, 0.1) is 0 Å². The monoisotopic (exact) mass is 350 g/mol. The van der Waals surface area contributed by atoms with Gasteiger partial charge in [-0.05, 0) is 58.9 Å². The summed E-state index contributed by atoms with van der Waals surface area (Å²) in [7, 11) is 4.16. The van der Waals surface area contributed by atoms with Crippen LogP contribution in [0.5, 0.6) is 0 Å². The second-order valence-corrected chi connectivity index (χ2v) is 7.96. The second-order valence-electron chi connectivity index (χ2n) is 7.96. The SMILES string of the molecule is CN=C(NCCN1CCCN(C)CC1)N1CCC(N2CCCCC2)C1. The first kappa shape index (κ1) is 18.9. The summed E-state index contributed by atoms with van der Waals surface area (Å²) in [5.41, 5.74) is 0. The average molecular weight is 351 g/mol. The summed E-state index contributed by atoms with van der Waals surface area (Å²) in [6.45, 7) is 11.9. The zero-order valence-electron chi connectivity index (χ0n) is 16.4. The molecule has 0 aromatic heterocycles. The first-order valence-corrected chi connectivity index (χ1v) is 10.4. The molecule has 6 heteroatoms. The van der Waals surface area contributed by atoms with E-state index in [-0.39, 0.29) is 0 Å². The predicted octanol–water partition coefficient (Wildman–Crippen LogP) is 0.760. The minimum atomic E-state index is 0.736. The maximum Gasteiger partial charge on any atom is 0.193 e. The van der Waals surface area contributed by atoms with E-state index in [1.807, 2.05) is 7.05 Å². The molecule has 0 saturated carbocycles. The zero-order valence-corrected chi connectivity index (χ0v) is 16.4. The van der Waals surface area contributed by atoms with Crippen LogP contribution in [-0.2, 0) is 0 Å². The average Bonchev–Trinajstić information content (AvgIpc) is 3.04. The summed E-state index contributed by atoms with van der Waals surface area (Å²) < 4.78 is 0. The smallest absolute Gasteiger partial charge is 0.193 e. The van der Waals surface area contributed by atoms with Crippen molar-refractivity contribution in [2.24, 2.45) is 4.99 Å². The number of piperidine rings is 1. The van der Waals surface area contributed by atoms with Gasteiger partial charge in [-0.2, -0.15) is 0 Å². The number of rotatable bonds is 4. The van der Waals surface area contributed by atoms with Gasteiger partial charge < -0.3 is 20.0 Å². The molecule has 3 fully saturated rings. The van der Waals surface area contributed by atoms with Gasteiger partial charge in [-0.1, -0.05) is 6.42 Å². The van der Waals surface area contributed by atoms with E-state index < -0.39 is 0 Å². The van der Waals surface area contributed by atoms with Gasteiger partial charge in [0, 0.05) is 52.4 Å². The lowest BCUT2D eigenvalue weighted by molar-refractivity contribution is 0.168. The number of nitrogens with one attached hydrogen (secondary N) is 1. The molecule has 1 atom stereocenters. The van der Waals surface area contributed by atoms with Gasteiger partial charge in [0.15, 0.2) is 5.96 Å². The quantitative estimate of drug-likeness (QED) is 0.598. The maximum atomic E-state index is 4.55. The third-order valence-corrected chi connectivity index (χ3v) is 6.11.